The second kappa shape index (κ2) is 5.95. The van der Waals surface area contributed by atoms with Gasteiger partial charge in [-0.2, -0.15) is 0 Å². The number of nitrogens with zero attached hydrogens (tertiary/aromatic N) is 1. The molecule has 0 radical (unpaired) electrons. The molecule has 1 heterocycles. The monoisotopic (exact) mass is 275 g/mol. The van der Waals surface area contributed by atoms with Crippen LogP contribution in [0.5, 0.6) is 0 Å². The summed E-state index contributed by atoms with van der Waals surface area (Å²) in [6.07, 6.45) is 0. The van der Waals surface area contributed by atoms with Crippen molar-refractivity contribution in [3.63, 3.8) is 0 Å². The number of amides is 1. The number of hydrogen-bond donors (Lipinski definition) is 2. The fraction of sp³-hybridized carbons (Fsp3) is 0.286. The summed E-state index contributed by atoms with van der Waals surface area (Å²) in [5, 5.41) is 5.29. The number of anilines is 1. The Hall–Kier alpha value is -1.72. The van der Waals surface area contributed by atoms with Crippen LogP contribution in [0.15, 0.2) is 35.7 Å². The van der Waals surface area contributed by atoms with Gasteiger partial charge >= 0.3 is 0 Å². The number of nitrogens with one attached hydrogen (secondary N) is 1. The van der Waals surface area contributed by atoms with Gasteiger partial charge in [0, 0.05) is 11.4 Å². The summed E-state index contributed by atoms with van der Waals surface area (Å²) in [4.78, 5) is 16.4. The molecule has 0 spiro atoms. The van der Waals surface area contributed by atoms with E-state index in [1.54, 1.807) is 0 Å². The zero-order chi connectivity index (χ0) is 13.8. The zero-order valence-electron chi connectivity index (χ0n) is 11.0. The van der Waals surface area contributed by atoms with Crippen molar-refractivity contribution in [3.8, 4) is 0 Å². The maximum Gasteiger partial charge on any atom is 0.233 e. The second-order valence-corrected chi connectivity index (χ2v) is 5.35. The van der Waals surface area contributed by atoms with E-state index < -0.39 is 0 Å². The predicted octanol–water partition coefficient (Wildman–Crippen LogP) is 2.91. The molecule has 2 rings (SSSR count). The highest BCUT2D eigenvalue weighted by molar-refractivity contribution is 7.13. The zero-order valence-corrected chi connectivity index (χ0v) is 11.8. The SMILES string of the molecule is CC(N)c1csc(NC(=O)C(C)c2ccccc2)n1. The third kappa shape index (κ3) is 3.39. The summed E-state index contributed by atoms with van der Waals surface area (Å²) in [6, 6.07) is 9.56. The molecule has 2 aromatic rings. The number of carbonyl (C=O) groups is 1. The van der Waals surface area contributed by atoms with Crippen LogP contribution in [0.4, 0.5) is 5.13 Å². The molecule has 0 saturated carbocycles. The molecule has 5 heteroatoms. The Morgan fingerprint density at radius 2 is 2.00 bits per heavy atom. The first-order valence-electron chi connectivity index (χ1n) is 6.14. The lowest BCUT2D eigenvalue weighted by Crippen LogP contribution is -2.18. The third-order valence-corrected chi connectivity index (χ3v) is 3.69. The lowest BCUT2D eigenvalue weighted by atomic mass is 10.0. The molecule has 0 aliphatic heterocycles. The van der Waals surface area contributed by atoms with Crippen molar-refractivity contribution in [1.29, 1.82) is 0 Å². The molecule has 2 atom stereocenters. The Labute approximate surface area is 116 Å². The van der Waals surface area contributed by atoms with Crippen LogP contribution < -0.4 is 11.1 Å². The molecule has 0 aliphatic carbocycles. The van der Waals surface area contributed by atoms with Crippen LogP contribution in [0.2, 0.25) is 0 Å². The third-order valence-electron chi connectivity index (χ3n) is 2.91. The molecule has 0 saturated heterocycles. The maximum atomic E-state index is 12.1. The summed E-state index contributed by atoms with van der Waals surface area (Å²) in [7, 11) is 0. The summed E-state index contributed by atoms with van der Waals surface area (Å²) < 4.78 is 0. The second-order valence-electron chi connectivity index (χ2n) is 4.49. The van der Waals surface area contributed by atoms with Gasteiger partial charge in [-0.25, -0.2) is 4.98 Å². The van der Waals surface area contributed by atoms with Gasteiger partial charge in [-0.3, -0.25) is 4.79 Å². The largest absolute Gasteiger partial charge is 0.323 e. The molecule has 2 unspecified atom stereocenters. The fourth-order valence-electron chi connectivity index (χ4n) is 1.66. The van der Waals surface area contributed by atoms with E-state index in [1.165, 1.54) is 11.3 Å². The molecule has 100 valence electrons. The van der Waals surface area contributed by atoms with Gasteiger partial charge in [0.2, 0.25) is 5.91 Å². The minimum Gasteiger partial charge on any atom is -0.323 e. The van der Waals surface area contributed by atoms with E-state index >= 15 is 0 Å². The Morgan fingerprint density at radius 1 is 1.32 bits per heavy atom. The minimum absolute atomic E-state index is 0.0585. The minimum atomic E-state index is -0.205. The van der Waals surface area contributed by atoms with E-state index in [0.29, 0.717) is 5.13 Å². The smallest absolute Gasteiger partial charge is 0.233 e. The number of carbonyl (C=O) groups excluding carboxylic acids is 1. The van der Waals surface area contributed by atoms with E-state index in [0.717, 1.165) is 11.3 Å². The fourth-order valence-corrected chi connectivity index (χ4v) is 2.48. The summed E-state index contributed by atoms with van der Waals surface area (Å²) in [6.45, 7) is 3.75. The maximum absolute atomic E-state index is 12.1. The number of thiazole rings is 1. The quantitative estimate of drug-likeness (QED) is 0.901. The predicted molar refractivity (Wildman–Crippen MR) is 78.2 cm³/mol. The van der Waals surface area contributed by atoms with Crippen LogP contribution in [-0.2, 0) is 4.79 Å². The van der Waals surface area contributed by atoms with Gasteiger partial charge in [-0.05, 0) is 19.4 Å². The Kier molecular flexibility index (Phi) is 4.29. The summed E-state index contributed by atoms with van der Waals surface area (Å²) >= 11 is 1.40. The normalized spacial score (nSPS) is 13.8. The molecule has 1 aromatic carbocycles. The van der Waals surface area contributed by atoms with E-state index in [9.17, 15) is 4.79 Å². The highest BCUT2D eigenvalue weighted by Crippen LogP contribution is 2.22. The van der Waals surface area contributed by atoms with Crippen molar-refractivity contribution in [1.82, 2.24) is 4.98 Å². The van der Waals surface area contributed by atoms with E-state index in [1.807, 2.05) is 49.6 Å². The van der Waals surface area contributed by atoms with E-state index in [2.05, 4.69) is 10.3 Å². The van der Waals surface area contributed by atoms with Crippen LogP contribution in [0.25, 0.3) is 0 Å². The number of nitrogens with two attached hydrogens (primary N) is 1. The van der Waals surface area contributed by atoms with Gasteiger partial charge in [-0.1, -0.05) is 30.3 Å². The van der Waals surface area contributed by atoms with Gasteiger partial charge in [0.15, 0.2) is 5.13 Å². The molecular formula is C14H17N3OS. The number of rotatable bonds is 4. The number of hydrogen-bond acceptors (Lipinski definition) is 4. The molecular weight excluding hydrogens is 258 g/mol. The molecule has 3 N–H and O–H groups in total. The van der Waals surface area contributed by atoms with Crippen LogP contribution in [-0.4, -0.2) is 10.9 Å². The highest BCUT2D eigenvalue weighted by Gasteiger charge is 2.16. The van der Waals surface area contributed by atoms with Gasteiger partial charge in [0.1, 0.15) is 0 Å². The Bertz CT molecular complexity index is 551. The summed E-state index contributed by atoms with van der Waals surface area (Å²) in [5.41, 5.74) is 7.53. The van der Waals surface area contributed by atoms with Crippen molar-refractivity contribution in [2.45, 2.75) is 25.8 Å². The van der Waals surface area contributed by atoms with Crippen molar-refractivity contribution in [2.24, 2.45) is 5.73 Å². The van der Waals surface area contributed by atoms with E-state index in [-0.39, 0.29) is 17.9 Å². The molecule has 1 aromatic heterocycles. The van der Waals surface area contributed by atoms with Crippen LogP contribution in [0.3, 0.4) is 0 Å². The molecule has 0 fully saturated rings. The Balaban J connectivity index is 2.04. The first kappa shape index (κ1) is 13.7. The lowest BCUT2D eigenvalue weighted by molar-refractivity contribution is -0.117. The first-order valence-corrected chi connectivity index (χ1v) is 7.02. The summed E-state index contributed by atoms with van der Waals surface area (Å²) in [5.74, 6) is -0.263. The molecule has 0 bridgehead atoms. The lowest BCUT2D eigenvalue weighted by Gasteiger charge is -2.10. The standard InChI is InChI=1S/C14H17N3OS/c1-9(11-6-4-3-5-7-11)13(18)17-14-16-12(8-19-14)10(2)15/h3-10H,15H2,1-2H3,(H,16,17,18). The van der Waals surface area contributed by atoms with Crippen molar-refractivity contribution < 1.29 is 4.79 Å². The molecule has 19 heavy (non-hydrogen) atoms. The van der Waals surface area contributed by atoms with Crippen molar-refractivity contribution in [2.75, 3.05) is 5.32 Å². The van der Waals surface area contributed by atoms with Gasteiger partial charge < -0.3 is 11.1 Å². The topological polar surface area (TPSA) is 68.0 Å². The molecule has 1 amide bonds. The van der Waals surface area contributed by atoms with Crippen molar-refractivity contribution in [3.05, 3.63) is 47.0 Å². The molecule has 0 aliphatic rings. The van der Waals surface area contributed by atoms with Crippen LogP contribution in [0.1, 0.15) is 37.1 Å². The molecule has 4 nitrogen and oxygen atoms in total. The Morgan fingerprint density at radius 3 is 2.58 bits per heavy atom. The van der Waals surface area contributed by atoms with Gasteiger partial charge in [0.05, 0.1) is 11.6 Å². The average Bonchev–Trinajstić information content (AvgIpc) is 2.87. The average molecular weight is 275 g/mol. The van der Waals surface area contributed by atoms with Crippen molar-refractivity contribution >= 4 is 22.4 Å². The van der Waals surface area contributed by atoms with E-state index in [4.69, 9.17) is 5.73 Å². The van der Waals surface area contributed by atoms with Crippen LogP contribution in [0, 0.1) is 0 Å². The first-order chi connectivity index (χ1) is 9.08. The van der Waals surface area contributed by atoms with Gasteiger partial charge in [-0.15, -0.1) is 11.3 Å². The highest BCUT2D eigenvalue weighted by atomic mass is 32.1. The van der Waals surface area contributed by atoms with Crippen LogP contribution >= 0.6 is 11.3 Å². The van der Waals surface area contributed by atoms with Gasteiger partial charge in [0.25, 0.3) is 0 Å². The number of aromatic nitrogens is 1. The number of benzene rings is 1.